The summed E-state index contributed by atoms with van der Waals surface area (Å²) in [5, 5.41) is 4.56. The number of nitrogens with zero attached hydrogens (tertiary/aromatic N) is 1. The Hall–Kier alpha value is -2.00. The van der Waals surface area contributed by atoms with E-state index in [0.29, 0.717) is 0 Å². The third-order valence-corrected chi connectivity index (χ3v) is 3.41. The first-order valence-electron chi connectivity index (χ1n) is 6.15. The summed E-state index contributed by atoms with van der Waals surface area (Å²) in [4.78, 5) is 5.47. The summed E-state index contributed by atoms with van der Waals surface area (Å²) < 4.78 is 0. The molecule has 0 saturated heterocycles. The van der Waals surface area contributed by atoms with Crippen LogP contribution in [0.5, 0.6) is 0 Å². The maximum absolute atomic E-state index is 4.54. The van der Waals surface area contributed by atoms with E-state index >= 15 is 0 Å². The van der Waals surface area contributed by atoms with Gasteiger partial charge in [-0.3, -0.25) is 4.98 Å². The van der Waals surface area contributed by atoms with Crippen LogP contribution in [-0.4, -0.2) is 4.98 Å². The molecule has 0 spiro atoms. The average Bonchev–Trinajstić information content (AvgIpc) is 2.41. The van der Waals surface area contributed by atoms with Gasteiger partial charge in [0.05, 0.1) is 11.2 Å². The molecular formula is C16H14N2S. The van der Waals surface area contributed by atoms with Crippen molar-refractivity contribution in [2.24, 2.45) is 0 Å². The van der Waals surface area contributed by atoms with Crippen LogP contribution in [0.1, 0.15) is 5.69 Å². The number of pyridine rings is 1. The van der Waals surface area contributed by atoms with E-state index < -0.39 is 0 Å². The van der Waals surface area contributed by atoms with E-state index in [9.17, 15) is 0 Å². The van der Waals surface area contributed by atoms with Crippen molar-refractivity contribution >= 4 is 34.9 Å². The molecule has 0 fully saturated rings. The summed E-state index contributed by atoms with van der Waals surface area (Å²) in [6.07, 6.45) is 0. The van der Waals surface area contributed by atoms with E-state index in [0.717, 1.165) is 32.9 Å². The molecule has 1 heterocycles. The van der Waals surface area contributed by atoms with Gasteiger partial charge >= 0.3 is 0 Å². The van der Waals surface area contributed by atoms with Crippen molar-refractivity contribution in [3.05, 3.63) is 60.3 Å². The van der Waals surface area contributed by atoms with E-state index in [1.54, 1.807) is 0 Å². The third-order valence-electron chi connectivity index (χ3n) is 3.02. The van der Waals surface area contributed by atoms with Gasteiger partial charge in [0.25, 0.3) is 0 Å². The molecule has 0 bridgehead atoms. The SMILES string of the molecule is Cc1cc(Nc2ccccc2S)c2ccccc2n1. The first-order chi connectivity index (χ1) is 9.24. The number of thiol groups is 1. The normalized spacial score (nSPS) is 10.6. The van der Waals surface area contributed by atoms with Gasteiger partial charge in [0.15, 0.2) is 0 Å². The van der Waals surface area contributed by atoms with Crippen molar-refractivity contribution in [2.75, 3.05) is 5.32 Å². The molecule has 0 radical (unpaired) electrons. The molecule has 3 rings (SSSR count). The Kier molecular flexibility index (Phi) is 3.13. The lowest BCUT2D eigenvalue weighted by Crippen LogP contribution is -1.95. The summed E-state index contributed by atoms with van der Waals surface area (Å²) in [6, 6.07) is 18.2. The number of rotatable bonds is 2. The van der Waals surface area contributed by atoms with Gasteiger partial charge in [0, 0.05) is 21.7 Å². The second-order valence-corrected chi connectivity index (χ2v) is 4.95. The van der Waals surface area contributed by atoms with Gasteiger partial charge in [-0.15, -0.1) is 12.6 Å². The summed E-state index contributed by atoms with van der Waals surface area (Å²) in [5.41, 5.74) is 4.06. The maximum Gasteiger partial charge on any atom is 0.0726 e. The molecule has 2 aromatic carbocycles. The lowest BCUT2D eigenvalue weighted by molar-refractivity contribution is 1.25. The number of aryl methyl sites for hydroxylation is 1. The highest BCUT2D eigenvalue weighted by Gasteiger charge is 2.05. The van der Waals surface area contributed by atoms with Crippen molar-refractivity contribution in [2.45, 2.75) is 11.8 Å². The van der Waals surface area contributed by atoms with Crippen LogP contribution in [-0.2, 0) is 0 Å². The van der Waals surface area contributed by atoms with Gasteiger partial charge in [-0.05, 0) is 31.2 Å². The van der Waals surface area contributed by atoms with Crippen LogP contribution in [0.3, 0.4) is 0 Å². The van der Waals surface area contributed by atoms with Gasteiger partial charge in [0.1, 0.15) is 0 Å². The Bertz CT molecular complexity index is 738. The standard InChI is InChI=1S/C16H14N2S/c1-11-10-15(12-6-2-3-7-13(12)17-11)18-14-8-4-5-9-16(14)19/h2-10,19H,1H3,(H,17,18). The largest absolute Gasteiger partial charge is 0.354 e. The van der Waals surface area contributed by atoms with Crippen LogP contribution in [0, 0.1) is 6.92 Å². The molecule has 19 heavy (non-hydrogen) atoms. The molecule has 3 heteroatoms. The average molecular weight is 266 g/mol. The van der Waals surface area contributed by atoms with Crippen LogP contribution in [0.2, 0.25) is 0 Å². The van der Waals surface area contributed by atoms with Crippen molar-refractivity contribution in [3.63, 3.8) is 0 Å². The quantitative estimate of drug-likeness (QED) is 0.664. The number of anilines is 2. The minimum atomic E-state index is 0.932. The van der Waals surface area contributed by atoms with Crippen LogP contribution in [0.15, 0.2) is 59.5 Å². The van der Waals surface area contributed by atoms with Gasteiger partial charge in [-0.2, -0.15) is 0 Å². The lowest BCUT2D eigenvalue weighted by Gasteiger charge is -2.12. The molecule has 0 atom stereocenters. The Labute approximate surface area is 117 Å². The van der Waals surface area contributed by atoms with E-state index in [2.05, 4.69) is 35.1 Å². The summed E-state index contributed by atoms with van der Waals surface area (Å²) in [5.74, 6) is 0. The van der Waals surface area contributed by atoms with E-state index in [4.69, 9.17) is 0 Å². The van der Waals surface area contributed by atoms with E-state index in [1.165, 1.54) is 0 Å². The van der Waals surface area contributed by atoms with E-state index in [-0.39, 0.29) is 0 Å². The molecule has 1 N–H and O–H groups in total. The number of benzene rings is 2. The zero-order chi connectivity index (χ0) is 13.2. The first-order valence-corrected chi connectivity index (χ1v) is 6.60. The Balaban J connectivity index is 2.13. The third kappa shape index (κ3) is 2.42. The molecule has 0 aliphatic carbocycles. The number of fused-ring (bicyclic) bond motifs is 1. The van der Waals surface area contributed by atoms with Gasteiger partial charge in [-0.1, -0.05) is 30.3 Å². The molecule has 0 aliphatic rings. The topological polar surface area (TPSA) is 24.9 Å². The Morgan fingerprint density at radius 1 is 0.947 bits per heavy atom. The highest BCUT2D eigenvalue weighted by Crippen LogP contribution is 2.29. The van der Waals surface area contributed by atoms with Crippen LogP contribution in [0.25, 0.3) is 10.9 Å². The predicted octanol–water partition coefficient (Wildman–Crippen LogP) is 4.58. The van der Waals surface area contributed by atoms with Gasteiger partial charge in [-0.25, -0.2) is 0 Å². The minimum Gasteiger partial charge on any atom is -0.354 e. The monoisotopic (exact) mass is 266 g/mol. The van der Waals surface area contributed by atoms with Gasteiger partial charge < -0.3 is 5.32 Å². The van der Waals surface area contributed by atoms with Crippen LogP contribution >= 0.6 is 12.6 Å². The Morgan fingerprint density at radius 2 is 1.68 bits per heavy atom. The zero-order valence-corrected chi connectivity index (χ0v) is 11.5. The molecule has 2 nitrogen and oxygen atoms in total. The molecule has 3 aromatic rings. The predicted molar refractivity (Wildman–Crippen MR) is 83.5 cm³/mol. The van der Waals surface area contributed by atoms with Crippen LogP contribution in [0.4, 0.5) is 11.4 Å². The smallest absolute Gasteiger partial charge is 0.0726 e. The molecule has 0 amide bonds. The molecular weight excluding hydrogens is 252 g/mol. The Morgan fingerprint density at radius 3 is 2.53 bits per heavy atom. The summed E-state index contributed by atoms with van der Waals surface area (Å²) in [6.45, 7) is 2.00. The van der Waals surface area contributed by atoms with Gasteiger partial charge in [0.2, 0.25) is 0 Å². The zero-order valence-electron chi connectivity index (χ0n) is 10.6. The fourth-order valence-electron chi connectivity index (χ4n) is 2.14. The van der Waals surface area contributed by atoms with Crippen molar-refractivity contribution in [1.29, 1.82) is 0 Å². The fourth-order valence-corrected chi connectivity index (χ4v) is 2.35. The van der Waals surface area contributed by atoms with Crippen molar-refractivity contribution < 1.29 is 0 Å². The maximum atomic E-state index is 4.54. The highest BCUT2D eigenvalue weighted by atomic mass is 32.1. The van der Waals surface area contributed by atoms with E-state index in [1.807, 2.05) is 49.4 Å². The second kappa shape index (κ2) is 4.94. The van der Waals surface area contributed by atoms with Crippen molar-refractivity contribution in [1.82, 2.24) is 4.98 Å². The number of para-hydroxylation sites is 2. The second-order valence-electron chi connectivity index (χ2n) is 4.47. The number of hydrogen-bond acceptors (Lipinski definition) is 3. The summed E-state index contributed by atoms with van der Waals surface area (Å²) in [7, 11) is 0. The molecule has 0 aliphatic heterocycles. The molecule has 0 saturated carbocycles. The number of aromatic nitrogens is 1. The van der Waals surface area contributed by atoms with Crippen molar-refractivity contribution in [3.8, 4) is 0 Å². The fraction of sp³-hybridized carbons (Fsp3) is 0.0625. The molecule has 0 unspecified atom stereocenters. The number of nitrogens with one attached hydrogen (secondary N) is 1. The highest BCUT2D eigenvalue weighted by molar-refractivity contribution is 7.80. The molecule has 94 valence electrons. The number of hydrogen-bond donors (Lipinski definition) is 2. The van der Waals surface area contributed by atoms with Crippen LogP contribution < -0.4 is 5.32 Å². The summed E-state index contributed by atoms with van der Waals surface area (Å²) >= 11 is 4.47. The first kappa shape index (κ1) is 12.1. The minimum absolute atomic E-state index is 0.932. The molecule has 1 aromatic heterocycles. The lowest BCUT2D eigenvalue weighted by atomic mass is 10.1.